The fourth-order valence-electron chi connectivity index (χ4n) is 2.53. The Balaban J connectivity index is 1.63. The number of aromatic nitrogens is 5. The Labute approximate surface area is 163 Å². The van der Waals surface area contributed by atoms with Gasteiger partial charge in [0.1, 0.15) is 6.33 Å². The lowest BCUT2D eigenvalue weighted by Gasteiger charge is -2.05. The highest BCUT2D eigenvalue weighted by atomic mass is 35.5. The first-order valence-corrected chi connectivity index (χ1v) is 9.26. The summed E-state index contributed by atoms with van der Waals surface area (Å²) in [6.07, 6.45) is 3.36. The fourth-order valence-corrected chi connectivity index (χ4v) is 3.45. The van der Waals surface area contributed by atoms with Crippen molar-refractivity contribution in [2.24, 2.45) is 4.99 Å². The maximum atomic E-state index is 12.6. The van der Waals surface area contributed by atoms with Crippen LogP contribution in [0, 0.1) is 0 Å². The molecule has 0 bridgehead atoms. The number of hydrogen-bond donors (Lipinski definition) is 0. The Bertz CT molecular complexity index is 1150. The van der Waals surface area contributed by atoms with E-state index in [-0.39, 0.29) is 5.91 Å². The predicted octanol–water partition coefficient (Wildman–Crippen LogP) is 2.97. The van der Waals surface area contributed by atoms with Crippen molar-refractivity contribution in [3.63, 3.8) is 0 Å². The summed E-state index contributed by atoms with van der Waals surface area (Å²) in [6, 6.07) is 14.6. The molecule has 7 nitrogen and oxygen atoms in total. The molecule has 0 radical (unpaired) electrons. The minimum Gasteiger partial charge on any atom is -0.319 e. The van der Waals surface area contributed by atoms with Crippen LogP contribution in [0.3, 0.4) is 0 Å². The van der Waals surface area contributed by atoms with E-state index in [9.17, 15) is 4.79 Å². The summed E-state index contributed by atoms with van der Waals surface area (Å²) in [4.78, 5) is 17.5. The van der Waals surface area contributed by atoms with Gasteiger partial charge >= 0.3 is 0 Å². The lowest BCUT2D eigenvalue weighted by atomic mass is 10.2. The molecule has 4 aromatic rings. The summed E-state index contributed by atoms with van der Waals surface area (Å²) in [5.41, 5.74) is 2.11. The number of tetrazole rings is 1. The molecule has 2 aromatic heterocycles. The molecule has 0 spiro atoms. The van der Waals surface area contributed by atoms with E-state index in [4.69, 9.17) is 11.6 Å². The number of halogens is 1. The molecule has 0 unspecified atom stereocenters. The van der Waals surface area contributed by atoms with Gasteiger partial charge in [0, 0.05) is 22.2 Å². The van der Waals surface area contributed by atoms with E-state index >= 15 is 0 Å². The van der Waals surface area contributed by atoms with Crippen LogP contribution >= 0.6 is 22.9 Å². The highest BCUT2D eigenvalue weighted by Crippen LogP contribution is 2.16. The Morgan fingerprint density at radius 2 is 2.07 bits per heavy atom. The van der Waals surface area contributed by atoms with Crippen LogP contribution in [0.25, 0.3) is 5.69 Å². The highest BCUT2D eigenvalue weighted by molar-refractivity contribution is 7.07. The van der Waals surface area contributed by atoms with Gasteiger partial charge in [-0.05, 0) is 40.3 Å². The average molecular weight is 397 g/mol. The zero-order valence-electron chi connectivity index (χ0n) is 13.9. The van der Waals surface area contributed by atoms with Gasteiger partial charge in [-0.1, -0.05) is 35.9 Å². The van der Waals surface area contributed by atoms with Crippen LogP contribution in [0.4, 0.5) is 0 Å². The maximum absolute atomic E-state index is 12.6. The minimum absolute atomic E-state index is 0.333. The Hall–Kier alpha value is -3.10. The second-order valence-electron chi connectivity index (χ2n) is 5.63. The quantitative estimate of drug-likeness (QED) is 0.531. The number of rotatable bonds is 4. The van der Waals surface area contributed by atoms with E-state index in [0.29, 0.717) is 27.6 Å². The van der Waals surface area contributed by atoms with E-state index in [2.05, 4.69) is 20.5 Å². The highest BCUT2D eigenvalue weighted by Gasteiger charge is 2.08. The van der Waals surface area contributed by atoms with Crippen LogP contribution in [0.15, 0.2) is 71.4 Å². The third kappa shape index (κ3) is 3.86. The van der Waals surface area contributed by atoms with Gasteiger partial charge in [-0.3, -0.25) is 4.79 Å². The van der Waals surface area contributed by atoms with Gasteiger partial charge in [-0.15, -0.1) is 16.4 Å². The van der Waals surface area contributed by atoms with Crippen molar-refractivity contribution in [3.05, 3.63) is 87.4 Å². The van der Waals surface area contributed by atoms with Crippen molar-refractivity contribution >= 4 is 28.8 Å². The lowest BCUT2D eigenvalue weighted by Crippen LogP contribution is -2.17. The van der Waals surface area contributed by atoms with Gasteiger partial charge < -0.3 is 4.57 Å². The van der Waals surface area contributed by atoms with Crippen molar-refractivity contribution < 1.29 is 4.79 Å². The summed E-state index contributed by atoms with van der Waals surface area (Å²) < 4.78 is 3.38. The van der Waals surface area contributed by atoms with Crippen molar-refractivity contribution in [2.45, 2.75) is 6.54 Å². The molecule has 4 rings (SSSR count). The van der Waals surface area contributed by atoms with Gasteiger partial charge in [-0.2, -0.15) is 4.99 Å². The van der Waals surface area contributed by atoms with Gasteiger partial charge in [0.15, 0.2) is 4.80 Å². The van der Waals surface area contributed by atoms with E-state index in [1.54, 1.807) is 18.2 Å². The largest absolute Gasteiger partial charge is 0.319 e. The molecule has 0 N–H and O–H groups in total. The molecule has 0 aliphatic heterocycles. The average Bonchev–Trinajstić information content (AvgIpc) is 3.36. The molecule has 2 heterocycles. The number of amides is 1. The van der Waals surface area contributed by atoms with Crippen LogP contribution in [-0.4, -0.2) is 30.7 Å². The predicted molar refractivity (Wildman–Crippen MR) is 102 cm³/mol. The molecule has 0 aliphatic rings. The molecule has 0 aliphatic carbocycles. The molecule has 1 amide bonds. The number of hydrogen-bond acceptors (Lipinski definition) is 5. The summed E-state index contributed by atoms with van der Waals surface area (Å²) in [7, 11) is 0. The summed E-state index contributed by atoms with van der Waals surface area (Å²) in [5.74, 6) is -0.333. The van der Waals surface area contributed by atoms with Crippen LogP contribution in [0.2, 0.25) is 5.02 Å². The molecule has 2 aromatic carbocycles. The Morgan fingerprint density at radius 3 is 2.89 bits per heavy atom. The number of benzene rings is 2. The molecule has 9 heteroatoms. The number of carbonyl (C=O) groups is 1. The Morgan fingerprint density at radius 1 is 1.19 bits per heavy atom. The van der Waals surface area contributed by atoms with Gasteiger partial charge in [-0.25, -0.2) is 4.68 Å². The first kappa shape index (κ1) is 17.3. The molecule has 0 saturated carbocycles. The molecule has 0 saturated heterocycles. The third-order valence-electron chi connectivity index (χ3n) is 3.86. The molecular formula is C18H13ClN6OS. The zero-order chi connectivity index (χ0) is 18.6. The van der Waals surface area contributed by atoms with E-state index < -0.39 is 0 Å². The van der Waals surface area contributed by atoms with Gasteiger partial charge in [0.2, 0.25) is 0 Å². The Kier molecular flexibility index (Phi) is 4.91. The maximum Gasteiger partial charge on any atom is 0.279 e. The summed E-state index contributed by atoms with van der Waals surface area (Å²) in [6.45, 7) is 0.542. The van der Waals surface area contributed by atoms with Crippen molar-refractivity contribution in [1.29, 1.82) is 0 Å². The normalized spacial score (nSPS) is 11.7. The standard InChI is InChI=1S/C18H13ClN6OS/c19-16-7-2-1-4-14(16)11-24-8-9-27-18(24)21-17(26)13-5-3-6-15(10-13)25-12-20-22-23-25/h1-10,12H,11H2. The van der Waals surface area contributed by atoms with Gasteiger partial charge in [0.05, 0.1) is 12.2 Å². The SMILES string of the molecule is O=C(N=c1sccn1Cc1ccccc1Cl)c1cccc(-n2cnnn2)c1. The van der Waals surface area contributed by atoms with E-state index in [1.807, 2.05) is 46.5 Å². The van der Waals surface area contributed by atoms with E-state index in [0.717, 1.165) is 5.56 Å². The summed E-state index contributed by atoms with van der Waals surface area (Å²) >= 11 is 7.63. The van der Waals surface area contributed by atoms with Crippen molar-refractivity contribution in [2.75, 3.05) is 0 Å². The van der Waals surface area contributed by atoms with Crippen molar-refractivity contribution in [3.8, 4) is 5.69 Å². The van der Waals surface area contributed by atoms with Crippen LogP contribution < -0.4 is 4.80 Å². The molecule has 27 heavy (non-hydrogen) atoms. The van der Waals surface area contributed by atoms with Gasteiger partial charge in [0.25, 0.3) is 5.91 Å². The smallest absolute Gasteiger partial charge is 0.279 e. The van der Waals surface area contributed by atoms with Crippen LogP contribution in [0.1, 0.15) is 15.9 Å². The number of nitrogens with zero attached hydrogens (tertiary/aromatic N) is 6. The fraction of sp³-hybridized carbons (Fsp3) is 0.0556. The van der Waals surface area contributed by atoms with E-state index in [1.165, 1.54) is 22.3 Å². The molecule has 0 atom stereocenters. The number of carbonyl (C=O) groups excluding carboxylic acids is 1. The third-order valence-corrected chi connectivity index (χ3v) is 5.03. The second kappa shape index (κ2) is 7.65. The molecular weight excluding hydrogens is 384 g/mol. The van der Waals surface area contributed by atoms with Crippen LogP contribution in [-0.2, 0) is 6.54 Å². The van der Waals surface area contributed by atoms with Crippen molar-refractivity contribution in [1.82, 2.24) is 24.8 Å². The molecule has 134 valence electrons. The minimum atomic E-state index is -0.333. The first-order chi connectivity index (χ1) is 13.2. The zero-order valence-corrected chi connectivity index (χ0v) is 15.5. The molecule has 0 fully saturated rings. The second-order valence-corrected chi connectivity index (χ2v) is 6.91. The first-order valence-electron chi connectivity index (χ1n) is 8.00. The topological polar surface area (TPSA) is 78.0 Å². The lowest BCUT2D eigenvalue weighted by molar-refractivity contribution is 0.0997. The number of thiazole rings is 1. The monoisotopic (exact) mass is 396 g/mol. The van der Waals surface area contributed by atoms with Crippen LogP contribution in [0.5, 0.6) is 0 Å². The summed E-state index contributed by atoms with van der Waals surface area (Å²) in [5, 5.41) is 13.6.